The van der Waals surface area contributed by atoms with E-state index in [1.807, 2.05) is 30.5 Å². The first-order chi connectivity index (χ1) is 10.6. The van der Waals surface area contributed by atoms with Crippen molar-refractivity contribution in [2.24, 2.45) is 5.73 Å². The zero-order chi connectivity index (χ0) is 15.5. The third-order valence-corrected chi connectivity index (χ3v) is 3.90. The van der Waals surface area contributed by atoms with Crippen LogP contribution in [0.3, 0.4) is 0 Å². The summed E-state index contributed by atoms with van der Waals surface area (Å²) >= 11 is 0. The van der Waals surface area contributed by atoms with Crippen LogP contribution >= 0.6 is 0 Å². The fourth-order valence-electron chi connectivity index (χ4n) is 2.63. The van der Waals surface area contributed by atoms with Crippen molar-refractivity contribution in [3.8, 4) is 11.8 Å². The summed E-state index contributed by atoms with van der Waals surface area (Å²) in [7, 11) is 0. The van der Waals surface area contributed by atoms with E-state index in [1.54, 1.807) is 6.92 Å². The summed E-state index contributed by atoms with van der Waals surface area (Å²) < 4.78 is 11.1. The van der Waals surface area contributed by atoms with Gasteiger partial charge in [0, 0.05) is 35.1 Å². The number of rotatable bonds is 2. The Morgan fingerprint density at radius 2 is 2.27 bits per heavy atom. The highest BCUT2D eigenvalue weighted by molar-refractivity contribution is 5.85. The maximum absolute atomic E-state index is 9.72. The van der Waals surface area contributed by atoms with E-state index in [2.05, 4.69) is 16.8 Å². The fourth-order valence-corrected chi connectivity index (χ4v) is 2.63. The van der Waals surface area contributed by atoms with Crippen LogP contribution in [0, 0.1) is 11.8 Å². The van der Waals surface area contributed by atoms with Crippen LogP contribution in [0.25, 0.3) is 10.9 Å². The van der Waals surface area contributed by atoms with Crippen molar-refractivity contribution < 1.29 is 14.6 Å². The number of para-hydroxylation sites is 1. The van der Waals surface area contributed by atoms with Gasteiger partial charge in [0.25, 0.3) is 0 Å². The van der Waals surface area contributed by atoms with Gasteiger partial charge in [-0.1, -0.05) is 30.0 Å². The number of aliphatic hydroxyl groups excluding tert-OH is 1. The van der Waals surface area contributed by atoms with Gasteiger partial charge in [-0.05, 0) is 13.0 Å². The topological polar surface area (TPSA) is 80.5 Å². The lowest BCUT2D eigenvalue weighted by Gasteiger charge is -2.35. The quantitative estimate of drug-likeness (QED) is 0.732. The molecule has 1 fully saturated rings. The second kappa shape index (κ2) is 6.51. The molecular weight excluding hydrogens is 280 g/mol. The second-order valence-electron chi connectivity index (χ2n) is 5.52. The zero-order valence-electron chi connectivity index (χ0n) is 12.5. The molecular formula is C17H20N2O3. The monoisotopic (exact) mass is 300 g/mol. The molecule has 22 heavy (non-hydrogen) atoms. The number of aromatic amines is 1. The van der Waals surface area contributed by atoms with E-state index in [-0.39, 0.29) is 18.8 Å². The van der Waals surface area contributed by atoms with Crippen LogP contribution in [0.5, 0.6) is 0 Å². The zero-order valence-corrected chi connectivity index (χ0v) is 12.5. The van der Waals surface area contributed by atoms with E-state index in [0.29, 0.717) is 6.42 Å². The molecule has 1 saturated heterocycles. The standard InChI is InChI=1S/C17H20N2O3/c1-11-17(20)14(18)9-16(22-11)21-8-4-5-12-10-19-15-7-3-2-6-13(12)15/h2-3,6-7,10-11,14,16-17,19-20H,8-9,18H2,1H3/t11-,14-,16+,17-/m0/s1. The molecule has 5 nitrogen and oxygen atoms in total. The Morgan fingerprint density at radius 3 is 3.09 bits per heavy atom. The average molecular weight is 300 g/mol. The minimum absolute atomic E-state index is 0.264. The molecule has 4 atom stereocenters. The van der Waals surface area contributed by atoms with E-state index in [1.165, 1.54) is 0 Å². The maximum atomic E-state index is 9.72. The van der Waals surface area contributed by atoms with Gasteiger partial charge in [0.15, 0.2) is 6.29 Å². The minimum atomic E-state index is -0.642. The van der Waals surface area contributed by atoms with Crippen LogP contribution in [0.4, 0.5) is 0 Å². The molecule has 2 heterocycles. The molecule has 1 aromatic heterocycles. The highest BCUT2D eigenvalue weighted by atomic mass is 16.7. The number of H-pyrrole nitrogens is 1. The molecule has 0 bridgehead atoms. The molecule has 0 radical (unpaired) electrons. The number of fused-ring (bicyclic) bond motifs is 1. The highest BCUT2D eigenvalue weighted by Crippen LogP contribution is 2.19. The maximum Gasteiger partial charge on any atom is 0.160 e. The molecule has 1 aliphatic heterocycles. The van der Waals surface area contributed by atoms with Crippen molar-refractivity contribution in [3.63, 3.8) is 0 Å². The number of hydrogen-bond donors (Lipinski definition) is 3. The van der Waals surface area contributed by atoms with Gasteiger partial charge in [-0.2, -0.15) is 0 Å². The number of aromatic nitrogens is 1. The van der Waals surface area contributed by atoms with Gasteiger partial charge in [0.2, 0.25) is 0 Å². The van der Waals surface area contributed by atoms with E-state index >= 15 is 0 Å². The van der Waals surface area contributed by atoms with E-state index in [9.17, 15) is 5.11 Å². The molecule has 0 amide bonds. The van der Waals surface area contributed by atoms with Gasteiger partial charge >= 0.3 is 0 Å². The second-order valence-corrected chi connectivity index (χ2v) is 5.52. The third kappa shape index (κ3) is 3.16. The molecule has 4 N–H and O–H groups in total. The number of nitrogens with one attached hydrogen (secondary N) is 1. The lowest BCUT2D eigenvalue weighted by atomic mass is 10.0. The van der Waals surface area contributed by atoms with Crippen LogP contribution in [-0.4, -0.2) is 41.2 Å². The largest absolute Gasteiger partial charge is 0.389 e. The molecule has 5 heteroatoms. The summed E-state index contributed by atoms with van der Waals surface area (Å²) in [5.41, 5.74) is 7.87. The first-order valence-corrected chi connectivity index (χ1v) is 7.41. The van der Waals surface area contributed by atoms with Gasteiger partial charge in [-0.25, -0.2) is 0 Å². The SMILES string of the molecule is C[C@@H]1O[C@@H](OCC#Cc2c[nH]c3ccccc23)C[C@H](N)[C@H]1O. The predicted molar refractivity (Wildman–Crippen MR) is 84.1 cm³/mol. The molecule has 1 aliphatic rings. The Hall–Kier alpha value is -1.84. The molecule has 2 aromatic rings. The number of aliphatic hydroxyl groups is 1. The predicted octanol–water partition coefficient (Wildman–Crippen LogP) is 1.36. The van der Waals surface area contributed by atoms with Crippen molar-refractivity contribution in [3.05, 3.63) is 36.0 Å². The van der Waals surface area contributed by atoms with E-state index in [0.717, 1.165) is 16.5 Å². The number of ether oxygens (including phenoxy) is 2. The first kappa shape index (κ1) is 15.1. The van der Waals surface area contributed by atoms with Gasteiger partial charge in [-0.3, -0.25) is 0 Å². The summed E-state index contributed by atoms with van der Waals surface area (Å²) in [4.78, 5) is 3.18. The van der Waals surface area contributed by atoms with E-state index < -0.39 is 12.4 Å². The lowest BCUT2D eigenvalue weighted by Crippen LogP contribution is -2.51. The number of nitrogens with two attached hydrogens (primary N) is 1. The first-order valence-electron chi connectivity index (χ1n) is 7.41. The van der Waals surface area contributed by atoms with Crippen molar-refractivity contribution in [1.82, 2.24) is 4.98 Å². The Morgan fingerprint density at radius 1 is 1.45 bits per heavy atom. The molecule has 1 aromatic carbocycles. The summed E-state index contributed by atoms with van der Waals surface area (Å²) in [5.74, 6) is 6.09. The van der Waals surface area contributed by atoms with Gasteiger partial charge in [-0.15, -0.1) is 0 Å². The van der Waals surface area contributed by atoms with Crippen molar-refractivity contribution in [1.29, 1.82) is 0 Å². The van der Waals surface area contributed by atoms with Crippen LogP contribution in [0.15, 0.2) is 30.5 Å². The summed E-state index contributed by atoms with van der Waals surface area (Å²) in [5, 5.41) is 10.8. The van der Waals surface area contributed by atoms with Gasteiger partial charge < -0.3 is 25.3 Å². The molecule has 0 unspecified atom stereocenters. The minimum Gasteiger partial charge on any atom is -0.389 e. The van der Waals surface area contributed by atoms with Crippen LogP contribution in [0.2, 0.25) is 0 Å². The van der Waals surface area contributed by atoms with Gasteiger partial charge in [0.05, 0.1) is 12.2 Å². The Bertz CT molecular complexity index is 688. The fraction of sp³-hybridized carbons (Fsp3) is 0.412. The third-order valence-electron chi connectivity index (χ3n) is 3.90. The normalized spacial score (nSPS) is 28.3. The Balaban J connectivity index is 1.58. The van der Waals surface area contributed by atoms with Crippen molar-refractivity contribution in [2.45, 2.75) is 37.9 Å². The highest BCUT2D eigenvalue weighted by Gasteiger charge is 2.33. The summed E-state index contributed by atoms with van der Waals surface area (Å²) in [6.45, 7) is 2.05. The van der Waals surface area contributed by atoms with Crippen molar-refractivity contribution >= 4 is 10.9 Å². The van der Waals surface area contributed by atoms with E-state index in [4.69, 9.17) is 15.2 Å². The van der Waals surface area contributed by atoms with Crippen LogP contribution < -0.4 is 5.73 Å². The Kier molecular flexibility index (Phi) is 4.46. The Labute approximate surface area is 129 Å². The molecule has 0 saturated carbocycles. The lowest BCUT2D eigenvalue weighted by molar-refractivity contribution is -0.217. The number of hydrogen-bond acceptors (Lipinski definition) is 4. The van der Waals surface area contributed by atoms with Crippen LogP contribution in [0.1, 0.15) is 18.9 Å². The average Bonchev–Trinajstić information content (AvgIpc) is 2.92. The summed E-state index contributed by atoms with van der Waals surface area (Å²) in [6, 6.07) is 7.69. The molecule has 116 valence electrons. The van der Waals surface area contributed by atoms with Gasteiger partial charge in [0.1, 0.15) is 6.61 Å². The molecule has 3 rings (SSSR count). The smallest absolute Gasteiger partial charge is 0.160 e. The van der Waals surface area contributed by atoms with Crippen LogP contribution in [-0.2, 0) is 9.47 Å². The molecule has 0 spiro atoms. The van der Waals surface area contributed by atoms with Crippen molar-refractivity contribution in [2.75, 3.05) is 6.61 Å². The molecule has 0 aliphatic carbocycles. The summed E-state index contributed by atoms with van der Waals surface area (Å²) in [6.07, 6.45) is 0.988. The number of benzene rings is 1.